The largest absolute Gasteiger partial charge is 0.311 e. The number of fused-ring (bicyclic) bond motifs is 4. The Balaban J connectivity index is 1.19. The Morgan fingerprint density at radius 2 is 0.567 bits per heavy atom. The molecule has 10 aromatic carbocycles. The first kappa shape index (κ1) is 68.4. The fraction of sp³-hybridized carbons (Fsp3) is 0.348. The van der Waals surface area contributed by atoms with Gasteiger partial charge in [0, 0.05) is 68.1 Å². The molecule has 0 aromatic heterocycles. The predicted octanol–water partition coefficient (Wildman–Crippen LogP) is 24.8. The van der Waals surface area contributed by atoms with E-state index in [9.17, 15) is 0 Å². The van der Waals surface area contributed by atoms with E-state index in [4.69, 9.17) is 0 Å². The Morgan fingerprint density at radius 3 is 0.918 bits per heavy atom. The summed E-state index contributed by atoms with van der Waals surface area (Å²) >= 11 is 0. The second-order valence-corrected chi connectivity index (χ2v) is 36.2. The molecule has 0 bridgehead atoms. The number of hydrogen-bond donors (Lipinski definition) is 0. The van der Waals surface area contributed by atoms with E-state index < -0.39 is 0 Å². The van der Waals surface area contributed by atoms with E-state index in [1.165, 1.54) is 89.1 Å². The first-order valence-corrected chi connectivity index (χ1v) is 35.6. The van der Waals surface area contributed by atoms with Crippen LogP contribution in [0.2, 0.25) is 0 Å². The molecule has 0 spiro atoms. The second kappa shape index (κ2) is 24.2. The molecule has 97 heavy (non-hydrogen) atoms. The zero-order valence-electron chi connectivity index (χ0n) is 63.1. The van der Waals surface area contributed by atoms with Crippen LogP contribution >= 0.6 is 0 Å². The van der Waals surface area contributed by atoms with Crippen LogP contribution in [0.4, 0.5) is 68.2 Å². The van der Waals surface area contributed by atoms with Crippen molar-refractivity contribution in [2.75, 3.05) is 19.6 Å². The number of hydrogen-bond acceptors (Lipinski definition) is 4. The molecule has 0 atom stereocenters. The summed E-state index contributed by atoms with van der Waals surface area (Å²) in [6.07, 6.45) is 0. The highest BCUT2D eigenvalue weighted by atomic mass is 15.2. The average molecular weight is 1280 g/mol. The van der Waals surface area contributed by atoms with Gasteiger partial charge in [0.25, 0.3) is 6.71 Å². The average Bonchev–Trinajstić information content (AvgIpc) is 0.696. The fourth-order valence-electron chi connectivity index (χ4n) is 14.2. The van der Waals surface area contributed by atoms with E-state index in [-0.39, 0.29) is 50.0 Å². The molecule has 498 valence electrons. The van der Waals surface area contributed by atoms with Crippen LogP contribution in [-0.4, -0.2) is 6.71 Å². The van der Waals surface area contributed by atoms with Crippen molar-refractivity contribution >= 4 is 91.3 Å². The van der Waals surface area contributed by atoms with Gasteiger partial charge in [0.1, 0.15) is 0 Å². The molecule has 0 saturated carbocycles. The zero-order chi connectivity index (χ0) is 70.1. The molecule has 2 heterocycles. The van der Waals surface area contributed by atoms with Crippen molar-refractivity contribution in [3.8, 4) is 11.1 Å². The van der Waals surface area contributed by atoms with Crippen LogP contribution in [0.25, 0.3) is 11.1 Å². The standard InChI is InChI=1S/C92H107BN4/c1-85(2,3)61-33-40-69(41-34-61)94(70-42-35-62(36-43-70)86(4,5)6)72-46-48-77-82(58-72)96(74-53-65(89(13,14)15)51-66(54-74)90(16,17)18)80-31-28-32-81-84(80)93(77)78-49-47-73(59-83(78)97(81)75-55-67(91(19,20)21)52-68(56-75)92(22,23)24)95(71-44-37-63(38-45-71)87(7,8)9)79-50-39-64(88(10,11)12)57-76(79)60-29-26-25-27-30-60/h25-59H,1-24H3. The van der Waals surface area contributed by atoms with Crippen molar-refractivity contribution in [2.24, 2.45) is 0 Å². The van der Waals surface area contributed by atoms with E-state index in [0.717, 1.165) is 51.2 Å². The summed E-state index contributed by atoms with van der Waals surface area (Å²) < 4.78 is 0. The lowest BCUT2D eigenvalue weighted by molar-refractivity contribution is 0.568. The molecule has 0 unspecified atom stereocenters. The van der Waals surface area contributed by atoms with Crippen LogP contribution in [0, 0.1) is 0 Å². The Kier molecular flexibility index (Phi) is 17.0. The van der Waals surface area contributed by atoms with Crippen molar-refractivity contribution in [2.45, 2.75) is 209 Å². The van der Waals surface area contributed by atoms with Gasteiger partial charge >= 0.3 is 0 Å². The highest BCUT2D eigenvalue weighted by molar-refractivity contribution is 7.00. The monoisotopic (exact) mass is 1280 g/mol. The van der Waals surface area contributed by atoms with E-state index in [0.29, 0.717) is 0 Å². The number of anilines is 12. The molecule has 12 rings (SSSR count). The van der Waals surface area contributed by atoms with Crippen LogP contribution in [0.1, 0.15) is 211 Å². The third-order valence-electron chi connectivity index (χ3n) is 20.5. The molecule has 0 amide bonds. The zero-order valence-corrected chi connectivity index (χ0v) is 63.1. The molecule has 10 aromatic rings. The lowest BCUT2D eigenvalue weighted by atomic mass is 9.33. The number of nitrogens with zero attached hydrogens (tertiary/aromatic N) is 4. The van der Waals surface area contributed by atoms with Crippen molar-refractivity contribution in [1.82, 2.24) is 0 Å². The van der Waals surface area contributed by atoms with Gasteiger partial charge in [-0.1, -0.05) is 269 Å². The van der Waals surface area contributed by atoms with Crippen molar-refractivity contribution in [1.29, 1.82) is 0 Å². The van der Waals surface area contributed by atoms with Gasteiger partial charge in [0.05, 0.1) is 5.69 Å². The van der Waals surface area contributed by atoms with Gasteiger partial charge < -0.3 is 19.6 Å². The molecule has 0 N–H and O–H groups in total. The second-order valence-electron chi connectivity index (χ2n) is 36.2. The Labute approximate surface area is 584 Å². The molecule has 0 aliphatic carbocycles. The molecular formula is C92H107BN4. The van der Waals surface area contributed by atoms with Gasteiger partial charge in [-0.25, -0.2) is 0 Å². The third kappa shape index (κ3) is 13.4. The van der Waals surface area contributed by atoms with Crippen molar-refractivity contribution in [3.63, 3.8) is 0 Å². The van der Waals surface area contributed by atoms with Crippen LogP contribution in [0.3, 0.4) is 0 Å². The van der Waals surface area contributed by atoms with Crippen LogP contribution < -0.4 is 36.0 Å². The van der Waals surface area contributed by atoms with Gasteiger partial charge in [0.2, 0.25) is 0 Å². The molecule has 0 fully saturated rings. The minimum Gasteiger partial charge on any atom is -0.311 e. The van der Waals surface area contributed by atoms with Crippen molar-refractivity contribution < 1.29 is 0 Å². The highest BCUT2D eigenvalue weighted by Gasteiger charge is 2.45. The maximum Gasteiger partial charge on any atom is 0.252 e. The normalized spacial score (nSPS) is 13.7. The van der Waals surface area contributed by atoms with E-state index >= 15 is 0 Å². The SMILES string of the molecule is CC(C)(C)c1ccc(N(c2ccc(C(C)(C)C)cc2)c2ccc3c(c2)N(c2cc(C(C)(C)C)cc(C(C)(C)C)c2)c2cccc4c2B3c2ccc(N(c3ccc(C(C)(C)C)cc3)c3ccc(C(C)(C)C)cc3-c3ccccc3)cc2N4c2cc(C(C)(C)C)cc(C(C)(C)C)c2)cc1. The third-order valence-corrected chi connectivity index (χ3v) is 20.5. The topological polar surface area (TPSA) is 13.0 Å². The Hall–Kier alpha value is -8.54. The fourth-order valence-corrected chi connectivity index (χ4v) is 14.2. The van der Waals surface area contributed by atoms with Gasteiger partial charge in [-0.3, -0.25) is 0 Å². The quantitative estimate of drug-likeness (QED) is 0.134. The van der Waals surface area contributed by atoms with Gasteiger partial charge in [-0.2, -0.15) is 0 Å². The Bertz CT molecular complexity index is 4450. The summed E-state index contributed by atoms with van der Waals surface area (Å²) in [4.78, 5) is 10.3. The lowest BCUT2D eigenvalue weighted by Gasteiger charge is -2.45. The summed E-state index contributed by atoms with van der Waals surface area (Å²) in [5, 5.41) is 0. The molecule has 0 saturated heterocycles. The lowest BCUT2D eigenvalue weighted by Crippen LogP contribution is -2.61. The minimum absolute atomic E-state index is 0.000520. The molecule has 4 nitrogen and oxygen atoms in total. The number of rotatable bonds is 9. The summed E-state index contributed by atoms with van der Waals surface area (Å²) in [5.74, 6) is 0. The van der Waals surface area contributed by atoms with Gasteiger partial charge in [0.15, 0.2) is 0 Å². The van der Waals surface area contributed by atoms with Crippen LogP contribution in [0.5, 0.6) is 0 Å². The maximum atomic E-state index is 2.65. The predicted molar refractivity (Wildman–Crippen MR) is 425 cm³/mol. The highest BCUT2D eigenvalue weighted by Crippen LogP contribution is 2.51. The molecule has 2 aliphatic rings. The van der Waals surface area contributed by atoms with Crippen LogP contribution in [0.15, 0.2) is 212 Å². The molecule has 5 heteroatoms. The van der Waals surface area contributed by atoms with Crippen LogP contribution in [-0.2, 0) is 43.3 Å². The Morgan fingerprint density at radius 1 is 0.247 bits per heavy atom. The van der Waals surface area contributed by atoms with Crippen molar-refractivity contribution in [3.05, 3.63) is 257 Å². The van der Waals surface area contributed by atoms with Gasteiger partial charge in [-0.15, -0.1) is 0 Å². The van der Waals surface area contributed by atoms with Gasteiger partial charge in [-0.05, 0) is 219 Å². The smallest absolute Gasteiger partial charge is 0.252 e. The summed E-state index contributed by atoms with van der Waals surface area (Å²) in [6, 6.07) is 83.1. The molecule has 0 radical (unpaired) electrons. The first-order chi connectivity index (χ1) is 45.1. The molecular weight excluding hydrogens is 1170 g/mol. The maximum absolute atomic E-state index is 2.65. The summed E-state index contributed by atoms with van der Waals surface area (Å²) in [6.45, 7) is 55.9. The minimum atomic E-state index is -0.149. The number of benzene rings is 10. The van der Waals surface area contributed by atoms with E-state index in [2.05, 4.69) is 398 Å². The van der Waals surface area contributed by atoms with E-state index in [1.54, 1.807) is 0 Å². The summed E-state index contributed by atoms with van der Waals surface area (Å²) in [7, 11) is 0. The van der Waals surface area contributed by atoms with E-state index in [1.807, 2.05) is 0 Å². The summed E-state index contributed by atoms with van der Waals surface area (Å²) in [5.41, 5.74) is 29.7. The molecule has 2 aliphatic heterocycles. The first-order valence-electron chi connectivity index (χ1n) is 35.6.